The number of halogens is 1. The molecule has 1 aromatic carbocycles. The van der Waals surface area contributed by atoms with Crippen LogP contribution in [0.2, 0.25) is 5.02 Å². The van der Waals surface area contributed by atoms with Crippen LogP contribution in [-0.2, 0) is 13.5 Å². The SMILES string of the molecule is COc1ccc(Cl)cc1C(CCc1nccn1C)NN. The van der Waals surface area contributed by atoms with E-state index >= 15 is 0 Å². The lowest BCUT2D eigenvalue weighted by Gasteiger charge is -2.19. The third kappa shape index (κ3) is 3.30. The Labute approximate surface area is 123 Å². The minimum Gasteiger partial charge on any atom is -0.496 e. The second kappa shape index (κ2) is 6.74. The zero-order chi connectivity index (χ0) is 14.5. The standard InChI is InChI=1S/C14H19ClN4O/c1-19-8-7-17-14(19)6-4-12(18-16)11-9-10(15)3-5-13(11)20-2/h3,5,7-9,12,18H,4,6,16H2,1-2H3. The Kier molecular flexibility index (Phi) is 5.00. The van der Waals surface area contributed by atoms with Crippen LogP contribution >= 0.6 is 11.6 Å². The van der Waals surface area contributed by atoms with Crippen LogP contribution in [0.3, 0.4) is 0 Å². The highest BCUT2D eigenvalue weighted by atomic mass is 35.5. The third-order valence-electron chi connectivity index (χ3n) is 3.35. The first kappa shape index (κ1) is 14.8. The molecule has 1 heterocycles. The second-order valence-corrected chi connectivity index (χ2v) is 5.04. The largest absolute Gasteiger partial charge is 0.496 e. The van der Waals surface area contributed by atoms with E-state index in [0.717, 1.165) is 30.0 Å². The molecule has 0 saturated carbocycles. The fourth-order valence-corrected chi connectivity index (χ4v) is 2.40. The summed E-state index contributed by atoms with van der Waals surface area (Å²) in [6.07, 6.45) is 5.34. The summed E-state index contributed by atoms with van der Waals surface area (Å²) < 4.78 is 7.37. The van der Waals surface area contributed by atoms with E-state index in [1.807, 2.05) is 29.9 Å². The zero-order valence-corrected chi connectivity index (χ0v) is 12.4. The smallest absolute Gasteiger partial charge is 0.123 e. The monoisotopic (exact) mass is 294 g/mol. The van der Waals surface area contributed by atoms with Gasteiger partial charge in [0.1, 0.15) is 11.6 Å². The van der Waals surface area contributed by atoms with Gasteiger partial charge in [0.05, 0.1) is 13.2 Å². The van der Waals surface area contributed by atoms with Gasteiger partial charge in [0.2, 0.25) is 0 Å². The first-order valence-electron chi connectivity index (χ1n) is 6.41. The number of methoxy groups -OCH3 is 1. The van der Waals surface area contributed by atoms with Gasteiger partial charge >= 0.3 is 0 Å². The Hall–Kier alpha value is -1.56. The first-order valence-corrected chi connectivity index (χ1v) is 6.79. The normalized spacial score (nSPS) is 12.4. The second-order valence-electron chi connectivity index (χ2n) is 4.60. The van der Waals surface area contributed by atoms with Crippen molar-refractivity contribution >= 4 is 11.6 Å². The summed E-state index contributed by atoms with van der Waals surface area (Å²) in [5.74, 6) is 7.47. The van der Waals surface area contributed by atoms with Crippen LogP contribution in [0.1, 0.15) is 23.9 Å². The molecule has 0 amide bonds. The molecule has 2 rings (SSSR count). The highest BCUT2D eigenvalue weighted by Crippen LogP contribution is 2.30. The number of hydrogen-bond acceptors (Lipinski definition) is 4. The molecule has 0 fully saturated rings. The summed E-state index contributed by atoms with van der Waals surface area (Å²) in [5, 5.41) is 0.665. The van der Waals surface area contributed by atoms with E-state index in [1.54, 1.807) is 19.4 Å². The molecule has 0 aliphatic heterocycles. The van der Waals surface area contributed by atoms with Crippen molar-refractivity contribution in [3.8, 4) is 5.75 Å². The molecule has 3 N–H and O–H groups in total. The van der Waals surface area contributed by atoms with E-state index in [-0.39, 0.29) is 6.04 Å². The number of aromatic nitrogens is 2. The predicted molar refractivity (Wildman–Crippen MR) is 79.6 cm³/mol. The van der Waals surface area contributed by atoms with Crippen molar-refractivity contribution in [1.29, 1.82) is 0 Å². The molecule has 108 valence electrons. The quantitative estimate of drug-likeness (QED) is 0.633. The van der Waals surface area contributed by atoms with Crippen molar-refractivity contribution in [3.63, 3.8) is 0 Å². The number of nitrogens with two attached hydrogens (primary N) is 1. The van der Waals surface area contributed by atoms with E-state index < -0.39 is 0 Å². The van der Waals surface area contributed by atoms with Crippen LogP contribution in [0, 0.1) is 0 Å². The molecular weight excluding hydrogens is 276 g/mol. The fraction of sp³-hybridized carbons (Fsp3) is 0.357. The number of hydrazine groups is 1. The Bertz CT molecular complexity index is 570. The molecule has 2 aromatic rings. The van der Waals surface area contributed by atoms with Gasteiger partial charge in [-0.1, -0.05) is 11.6 Å². The number of nitrogens with zero attached hydrogens (tertiary/aromatic N) is 2. The lowest BCUT2D eigenvalue weighted by atomic mass is 10.0. The van der Waals surface area contributed by atoms with Crippen molar-refractivity contribution < 1.29 is 4.74 Å². The summed E-state index contributed by atoms with van der Waals surface area (Å²) in [7, 11) is 3.62. The molecule has 0 bridgehead atoms. The molecule has 6 heteroatoms. The van der Waals surface area contributed by atoms with Crippen LogP contribution in [-0.4, -0.2) is 16.7 Å². The summed E-state index contributed by atoms with van der Waals surface area (Å²) in [6.45, 7) is 0. The van der Waals surface area contributed by atoms with E-state index in [2.05, 4.69) is 10.4 Å². The van der Waals surface area contributed by atoms with E-state index in [0.29, 0.717) is 5.02 Å². The van der Waals surface area contributed by atoms with Crippen molar-refractivity contribution in [3.05, 3.63) is 47.0 Å². The van der Waals surface area contributed by atoms with Crippen molar-refractivity contribution in [2.24, 2.45) is 12.9 Å². The number of nitrogens with one attached hydrogen (secondary N) is 1. The van der Waals surface area contributed by atoms with Crippen molar-refractivity contribution in [1.82, 2.24) is 15.0 Å². The average Bonchev–Trinajstić information content (AvgIpc) is 2.85. The molecule has 5 nitrogen and oxygen atoms in total. The van der Waals surface area contributed by atoms with Crippen LogP contribution in [0.15, 0.2) is 30.6 Å². The van der Waals surface area contributed by atoms with Gasteiger partial charge in [0.15, 0.2) is 0 Å². The van der Waals surface area contributed by atoms with E-state index in [1.165, 1.54) is 0 Å². The number of imidazole rings is 1. The van der Waals surface area contributed by atoms with Gasteiger partial charge < -0.3 is 9.30 Å². The molecule has 1 unspecified atom stereocenters. The fourth-order valence-electron chi connectivity index (χ4n) is 2.22. The van der Waals surface area contributed by atoms with Gasteiger partial charge in [-0.25, -0.2) is 4.98 Å². The molecule has 1 aromatic heterocycles. The number of ether oxygens (including phenoxy) is 1. The van der Waals surface area contributed by atoms with Gasteiger partial charge in [-0.05, 0) is 24.6 Å². The molecular formula is C14H19ClN4O. The van der Waals surface area contributed by atoms with Crippen LogP contribution < -0.4 is 16.0 Å². The lowest BCUT2D eigenvalue weighted by molar-refractivity contribution is 0.395. The Morgan fingerprint density at radius 3 is 2.90 bits per heavy atom. The average molecular weight is 295 g/mol. The predicted octanol–water partition coefficient (Wildman–Crippen LogP) is 2.22. The number of rotatable bonds is 6. The van der Waals surface area contributed by atoms with Crippen LogP contribution in [0.25, 0.3) is 0 Å². The van der Waals surface area contributed by atoms with Gasteiger partial charge in [0, 0.05) is 36.4 Å². The van der Waals surface area contributed by atoms with Gasteiger partial charge in [-0.15, -0.1) is 0 Å². The van der Waals surface area contributed by atoms with Crippen molar-refractivity contribution in [2.75, 3.05) is 7.11 Å². The van der Waals surface area contributed by atoms with Crippen LogP contribution in [0.5, 0.6) is 5.75 Å². The Morgan fingerprint density at radius 1 is 1.50 bits per heavy atom. The zero-order valence-electron chi connectivity index (χ0n) is 11.6. The maximum absolute atomic E-state index is 6.06. The highest BCUT2D eigenvalue weighted by Gasteiger charge is 2.16. The molecule has 0 spiro atoms. The number of benzene rings is 1. The van der Waals surface area contributed by atoms with Crippen molar-refractivity contribution in [2.45, 2.75) is 18.9 Å². The van der Waals surface area contributed by atoms with Gasteiger partial charge in [-0.3, -0.25) is 11.3 Å². The molecule has 0 saturated heterocycles. The maximum Gasteiger partial charge on any atom is 0.123 e. The van der Waals surface area contributed by atoms with E-state index in [4.69, 9.17) is 22.2 Å². The number of hydrogen-bond donors (Lipinski definition) is 2. The van der Waals surface area contributed by atoms with Gasteiger partial charge in [-0.2, -0.15) is 0 Å². The first-order chi connectivity index (χ1) is 9.65. The molecule has 0 aliphatic rings. The lowest BCUT2D eigenvalue weighted by Crippen LogP contribution is -2.29. The molecule has 1 atom stereocenters. The highest BCUT2D eigenvalue weighted by molar-refractivity contribution is 6.30. The maximum atomic E-state index is 6.06. The minimum atomic E-state index is -0.0413. The minimum absolute atomic E-state index is 0.0413. The summed E-state index contributed by atoms with van der Waals surface area (Å²) in [6, 6.07) is 5.49. The summed E-state index contributed by atoms with van der Waals surface area (Å²) in [5.41, 5.74) is 3.78. The Balaban J connectivity index is 2.16. The Morgan fingerprint density at radius 2 is 2.30 bits per heavy atom. The summed E-state index contributed by atoms with van der Waals surface area (Å²) in [4.78, 5) is 4.31. The topological polar surface area (TPSA) is 65.1 Å². The number of aryl methyl sites for hydroxylation is 2. The molecule has 0 aliphatic carbocycles. The summed E-state index contributed by atoms with van der Waals surface area (Å²) >= 11 is 6.06. The van der Waals surface area contributed by atoms with E-state index in [9.17, 15) is 0 Å². The van der Waals surface area contributed by atoms with Crippen LogP contribution in [0.4, 0.5) is 0 Å². The molecule has 0 radical (unpaired) electrons. The third-order valence-corrected chi connectivity index (χ3v) is 3.58. The molecule has 20 heavy (non-hydrogen) atoms. The van der Waals surface area contributed by atoms with Gasteiger partial charge in [0.25, 0.3) is 0 Å².